The molecule has 1 fully saturated rings. The van der Waals surface area contributed by atoms with Crippen molar-refractivity contribution in [2.24, 2.45) is 5.41 Å². The molecule has 0 heterocycles. The number of hydrogen-bond donors (Lipinski definition) is 1. The monoisotopic (exact) mass is 268 g/mol. The van der Waals surface area contributed by atoms with E-state index in [-0.39, 0.29) is 11.8 Å². The van der Waals surface area contributed by atoms with Gasteiger partial charge < -0.3 is 10.2 Å². The molecule has 0 radical (unpaired) electrons. The van der Waals surface area contributed by atoms with Crippen molar-refractivity contribution in [2.45, 2.75) is 71.9 Å². The van der Waals surface area contributed by atoms with Crippen LogP contribution in [0, 0.1) is 5.41 Å². The second-order valence-electron chi connectivity index (χ2n) is 6.69. The minimum Gasteiger partial charge on any atom is -0.344 e. The molecule has 4 nitrogen and oxygen atoms in total. The van der Waals surface area contributed by atoms with Crippen molar-refractivity contribution in [3.05, 3.63) is 0 Å². The molecule has 4 heteroatoms. The van der Waals surface area contributed by atoms with Crippen LogP contribution in [0.1, 0.15) is 59.8 Å². The second kappa shape index (κ2) is 6.40. The highest BCUT2D eigenvalue weighted by Crippen LogP contribution is 2.22. The summed E-state index contributed by atoms with van der Waals surface area (Å²) in [5.41, 5.74) is -0.460. The molecule has 0 aromatic carbocycles. The van der Waals surface area contributed by atoms with Gasteiger partial charge in [0, 0.05) is 18.5 Å². The van der Waals surface area contributed by atoms with Gasteiger partial charge in [-0.2, -0.15) is 0 Å². The van der Waals surface area contributed by atoms with Gasteiger partial charge in [0.1, 0.15) is 6.04 Å². The summed E-state index contributed by atoms with van der Waals surface area (Å²) in [5, 5.41) is 2.81. The smallest absolute Gasteiger partial charge is 0.244 e. The van der Waals surface area contributed by atoms with Crippen molar-refractivity contribution < 1.29 is 9.59 Å². The number of hydrogen-bond acceptors (Lipinski definition) is 2. The van der Waals surface area contributed by atoms with E-state index in [9.17, 15) is 9.59 Å². The van der Waals surface area contributed by atoms with Crippen LogP contribution in [0.15, 0.2) is 0 Å². The molecular weight excluding hydrogens is 240 g/mol. The van der Waals surface area contributed by atoms with Gasteiger partial charge in [-0.05, 0) is 19.8 Å². The van der Waals surface area contributed by atoms with Crippen molar-refractivity contribution in [2.75, 3.05) is 7.05 Å². The predicted molar refractivity (Wildman–Crippen MR) is 76.7 cm³/mol. The first-order chi connectivity index (χ1) is 8.73. The van der Waals surface area contributed by atoms with E-state index in [0.717, 1.165) is 12.8 Å². The normalized spacial score (nSPS) is 18.8. The average molecular weight is 268 g/mol. The van der Waals surface area contributed by atoms with E-state index in [2.05, 4.69) is 5.32 Å². The summed E-state index contributed by atoms with van der Waals surface area (Å²) in [6, 6.07) is -0.103. The summed E-state index contributed by atoms with van der Waals surface area (Å²) in [6.07, 6.45) is 5.84. The van der Waals surface area contributed by atoms with Crippen molar-refractivity contribution >= 4 is 11.8 Å². The quantitative estimate of drug-likeness (QED) is 0.854. The Morgan fingerprint density at radius 1 is 1.16 bits per heavy atom. The molecule has 19 heavy (non-hydrogen) atoms. The van der Waals surface area contributed by atoms with Crippen molar-refractivity contribution in [1.82, 2.24) is 10.2 Å². The van der Waals surface area contributed by atoms with E-state index in [1.165, 1.54) is 19.3 Å². The molecule has 1 saturated carbocycles. The van der Waals surface area contributed by atoms with Crippen LogP contribution < -0.4 is 5.32 Å². The lowest BCUT2D eigenvalue weighted by atomic mass is 9.93. The predicted octanol–water partition coefficient (Wildman–Crippen LogP) is 2.33. The van der Waals surface area contributed by atoms with Crippen LogP contribution in [-0.4, -0.2) is 35.8 Å². The van der Waals surface area contributed by atoms with Crippen LogP contribution in [-0.2, 0) is 9.59 Å². The third kappa shape index (κ3) is 4.51. The maximum Gasteiger partial charge on any atom is 0.244 e. The lowest BCUT2D eigenvalue weighted by molar-refractivity contribution is -0.139. The molecule has 0 bridgehead atoms. The molecule has 0 spiro atoms. The molecule has 1 aliphatic carbocycles. The number of nitrogens with one attached hydrogen (secondary N) is 1. The molecule has 1 unspecified atom stereocenters. The molecule has 1 N–H and O–H groups in total. The largest absolute Gasteiger partial charge is 0.344 e. The fourth-order valence-electron chi connectivity index (χ4n) is 2.43. The molecule has 0 aromatic rings. The number of likely N-dealkylation sites (N-methyl/N-ethyl adjacent to an activating group) is 1. The SMILES string of the molecule is CC(NC(=O)C(C)(C)C)C(=O)N(C)C1CCCCC1. The fourth-order valence-corrected chi connectivity index (χ4v) is 2.43. The summed E-state index contributed by atoms with van der Waals surface area (Å²) in [5.74, 6) is -0.0603. The zero-order valence-electron chi connectivity index (χ0n) is 13.0. The topological polar surface area (TPSA) is 49.4 Å². The number of carbonyl (C=O) groups is 2. The lowest BCUT2D eigenvalue weighted by Crippen LogP contribution is -2.51. The van der Waals surface area contributed by atoms with Crippen LogP contribution in [0.5, 0.6) is 0 Å². The number of carbonyl (C=O) groups excluding carboxylic acids is 2. The van der Waals surface area contributed by atoms with Gasteiger partial charge in [0.15, 0.2) is 0 Å². The molecule has 0 aliphatic heterocycles. The Hall–Kier alpha value is -1.06. The van der Waals surface area contributed by atoms with E-state index in [1.54, 1.807) is 6.92 Å². The Labute approximate surface area is 116 Å². The van der Waals surface area contributed by atoms with E-state index in [0.29, 0.717) is 6.04 Å². The molecule has 1 aliphatic rings. The minimum absolute atomic E-state index is 0.0181. The lowest BCUT2D eigenvalue weighted by Gasteiger charge is -2.33. The summed E-state index contributed by atoms with van der Waals surface area (Å²) >= 11 is 0. The maximum absolute atomic E-state index is 12.3. The van der Waals surface area contributed by atoms with E-state index < -0.39 is 11.5 Å². The van der Waals surface area contributed by atoms with Gasteiger partial charge in [0.05, 0.1) is 0 Å². The van der Waals surface area contributed by atoms with Crippen LogP contribution in [0.4, 0.5) is 0 Å². The van der Waals surface area contributed by atoms with Crippen LogP contribution in [0.25, 0.3) is 0 Å². The number of nitrogens with zero attached hydrogens (tertiary/aromatic N) is 1. The molecule has 2 amide bonds. The summed E-state index contributed by atoms with van der Waals surface area (Å²) in [7, 11) is 1.86. The molecular formula is C15H28N2O2. The first-order valence-electron chi connectivity index (χ1n) is 7.31. The molecule has 110 valence electrons. The van der Waals surface area contributed by atoms with Crippen LogP contribution >= 0.6 is 0 Å². The zero-order chi connectivity index (χ0) is 14.6. The Kier molecular flexibility index (Phi) is 5.39. The molecule has 0 aromatic heterocycles. The molecule has 1 rings (SSSR count). The summed E-state index contributed by atoms with van der Waals surface area (Å²) < 4.78 is 0. The maximum atomic E-state index is 12.3. The van der Waals surface area contributed by atoms with Gasteiger partial charge in [-0.3, -0.25) is 9.59 Å². The third-order valence-corrected chi connectivity index (χ3v) is 3.87. The van der Waals surface area contributed by atoms with E-state index >= 15 is 0 Å². The summed E-state index contributed by atoms with van der Waals surface area (Å²) in [6.45, 7) is 7.32. The standard InChI is InChI=1S/C15H28N2O2/c1-11(16-14(19)15(2,3)4)13(18)17(5)12-9-7-6-8-10-12/h11-12H,6-10H2,1-5H3,(H,16,19). The van der Waals surface area contributed by atoms with Crippen molar-refractivity contribution in [3.8, 4) is 0 Å². The van der Waals surface area contributed by atoms with Crippen LogP contribution in [0.3, 0.4) is 0 Å². The average Bonchev–Trinajstić information content (AvgIpc) is 2.36. The minimum atomic E-state index is -0.460. The summed E-state index contributed by atoms with van der Waals surface area (Å²) in [4.78, 5) is 26.0. The highest BCUT2D eigenvalue weighted by molar-refractivity contribution is 5.89. The molecule has 0 saturated heterocycles. The Morgan fingerprint density at radius 3 is 2.16 bits per heavy atom. The van der Waals surface area contributed by atoms with Gasteiger partial charge >= 0.3 is 0 Å². The Bertz CT molecular complexity index is 328. The zero-order valence-corrected chi connectivity index (χ0v) is 13.0. The van der Waals surface area contributed by atoms with Crippen molar-refractivity contribution in [3.63, 3.8) is 0 Å². The first-order valence-corrected chi connectivity index (χ1v) is 7.31. The van der Waals surface area contributed by atoms with E-state index in [4.69, 9.17) is 0 Å². The number of rotatable bonds is 3. The fraction of sp³-hybridized carbons (Fsp3) is 0.867. The number of amides is 2. The van der Waals surface area contributed by atoms with E-state index in [1.807, 2.05) is 32.7 Å². The van der Waals surface area contributed by atoms with Crippen LogP contribution in [0.2, 0.25) is 0 Å². The Balaban J connectivity index is 2.53. The first kappa shape index (κ1) is 16.0. The molecule has 1 atom stereocenters. The Morgan fingerprint density at radius 2 is 1.68 bits per heavy atom. The van der Waals surface area contributed by atoms with Gasteiger partial charge in [-0.25, -0.2) is 0 Å². The van der Waals surface area contributed by atoms with Gasteiger partial charge in [-0.15, -0.1) is 0 Å². The van der Waals surface area contributed by atoms with Gasteiger partial charge in [0.25, 0.3) is 0 Å². The van der Waals surface area contributed by atoms with Crippen molar-refractivity contribution in [1.29, 1.82) is 0 Å². The van der Waals surface area contributed by atoms with Gasteiger partial charge in [-0.1, -0.05) is 40.0 Å². The third-order valence-electron chi connectivity index (χ3n) is 3.87. The van der Waals surface area contributed by atoms with Gasteiger partial charge in [0.2, 0.25) is 11.8 Å². The highest BCUT2D eigenvalue weighted by atomic mass is 16.2. The second-order valence-corrected chi connectivity index (χ2v) is 6.69. The highest BCUT2D eigenvalue weighted by Gasteiger charge is 2.29.